The minimum atomic E-state index is 0.480. The maximum atomic E-state index is 8.70. The third kappa shape index (κ3) is 6.02. The zero-order valence-corrected chi connectivity index (χ0v) is 19.6. The molecule has 2 N–H and O–H groups in total. The van der Waals surface area contributed by atoms with E-state index in [9.17, 15) is 0 Å². The van der Waals surface area contributed by atoms with Crippen molar-refractivity contribution in [3.8, 4) is 6.07 Å². The summed E-state index contributed by atoms with van der Waals surface area (Å²) in [5.41, 5.74) is 15.0. The second kappa shape index (κ2) is 11.6. The van der Waals surface area contributed by atoms with Gasteiger partial charge in [-0.3, -0.25) is 0 Å². The Morgan fingerprint density at radius 3 is 2.20 bits per heavy atom. The molecule has 0 saturated heterocycles. The Morgan fingerprint density at radius 2 is 1.67 bits per heavy atom. The van der Waals surface area contributed by atoms with Crippen molar-refractivity contribution >= 4 is 11.4 Å². The van der Waals surface area contributed by atoms with E-state index in [1.165, 1.54) is 59.4 Å². The van der Waals surface area contributed by atoms with Gasteiger partial charge in [-0.25, -0.2) is 0 Å². The molecule has 30 heavy (non-hydrogen) atoms. The van der Waals surface area contributed by atoms with Crippen molar-refractivity contribution in [1.82, 2.24) is 0 Å². The lowest BCUT2D eigenvalue weighted by molar-refractivity contribution is 0.577. The fraction of sp³-hybridized carbons (Fsp3) is 0.519. The van der Waals surface area contributed by atoms with Gasteiger partial charge in [-0.15, -0.1) is 0 Å². The second-order valence-corrected chi connectivity index (χ2v) is 8.51. The summed E-state index contributed by atoms with van der Waals surface area (Å²) in [6, 6.07) is 13.5. The molecule has 1 atom stereocenters. The fourth-order valence-electron chi connectivity index (χ4n) is 4.29. The summed E-state index contributed by atoms with van der Waals surface area (Å²) in [4.78, 5) is 2.47. The van der Waals surface area contributed by atoms with Crippen LogP contribution in [0.1, 0.15) is 67.9 Å². The molecule has 0 aromatic heterocycles. The summed E-state index contributed by atoms with van der Waals surface area (Å²) in [6.07, 6.45) is 6.21. The normalized spacial score (nSPS) is 14.5. The molecule has 2 aromatic carbocycles. The molecule has 0 saturated carbocycles. The lowest BCUT2D eigenvalue weighted by Crippen LogP contribution is -2.24. The van der Waals surface area contributed by atoms with E-state index < -0.39 is 0 Å². The molecule has 1 aliphatic carbocycles. The van der Waals surface area contributed by atoms with Crippen molar-refractivity contribution in [2.45, 2.75) is 73.1 Å². The Labute approximate surface area is 183 Å². The van der Waals surface area contributed by atoms with E-state index in [0.29, 0.717) is 12.3 Å². The summed E-state index contributed by atoms with van der Waals surface area (Å²) < 4.78 is 0. The lowest BCUT2D eigenvalue weighted by Gasteiger charge is -2.23. The second-order valence-electron chi connectivity index (χ2n) is 8.51. The molecule has 0 aliphatic heterocycles. The van der Waals surface area contributed by atoms with E-state index in [1.807, 2.05) is 0 Å². The minimum absolute atomic E-state index is 0.480. The number of nitriles is 1. The van der Waals surface area contributed by atoms with Gasteiger partial charge in [0.05, 0.1) is 6.07 Å². The third-order valence-corrected chi connectivity index (χ3v) is 6.18. The van der Waals surface area contributed by atoms with Crippen LogP contribution in [0.4, 0.5) is 11.4 Å². The minimum Gasteiger partial charge on any atom is -0.398 e. The van der Waals surface area contributed by atoms with Gasteiger partial charge < -0.3 is 10.6 Å². The van der Waals surface area contributed by atoms with Crippen molar-refractivity contribution < 1.29 is 0 Å². The number of hydrogen-bond acceptors (Lipinski definition) is 3. The molecule has 3 heteroatoms. The van der Waals surface area contributed by atoms with Crippen LogP contribution in [0.2, 0.25) is 0 Å². The number of fused-ring (bicyclic) bond motifs is 1. The predicted molar refractivity (Wildman–Crippen MR) is 130 cm³/mol. The first-order chi connectivity index (χ1) is 14.4. The Kier molecular flexibility index (Phi) is 9.24. The number of hydrogen-bond donors (Lipinski definition) is 1. The molecule has 3 rings (SSSR count). The maximum absolute atomic E-state index is 8.70. The van der Waals surface area contributed by atoms with Gasteiger partial charge in [0.2, 0.25) is 0 Å². The number of anilines is 2. The largest absolute Gasteiger partial charge is 0.398 e. The highest BCUT2D eigenvalue weighted by Gasteiger charge is 2.24. The number of benzene rings is 2. The van der Waals surface area contributed by atoms with E-state index >= 15 is 0 Å². The summed E-state index contributed by atoms with van der Waals surface area (Å²) in [5.74, 6) is 0.480. The van der Waals surface area contributed by atoms with Crippen LogP contribution in [0.5, 0.6) is 0 Å². The van der Waals surface area contributed by atoms with Crippen LogP contribution in [-0.4, -0.2) is 13.1 Å². The summed E-state index contributed by atoms with van der Waals surface area (Å²) >= 11 is 0. The SMILES string of the molecule is CCCN(CCC)c1ccc(CC)cc1.Cc1cc2c(c(N)c1C)CC(CC#N)C2. The van der Waals surface area contributed by atoms with Gasteiger partial charge in [0.15, 0.2) is 0 Å². The molecule has 0 heterocycles. The van der Waals surface area contributed by atoms with Crippen LogP contribution >= 0.6 is 0 Å². The molecule has 0 spiro atoms. The first-order valence-corrected chi connectivity index (χ1v) is 11.5. The standard InChI is InChI=1S/C14H23N.C13H16N2/c1-4-11-15(12-5-2)14-9-7-13(6-3)8-10-14;1-8-5-11-6-10(3-4-14)7-12(11)13(15)9(8)2/h7-10H,4-6,11-12H2,1-3H3;5,10H,3,6-7,15H2,1-2H3. The topological polar surface area (TPSA) is 53.0 Å². The van der Waals surface area contributed by atoms with E-state index in [4.69, 9.17) is 11.0 Å². The molecule has 0 bridgehead atoms. The molecule has 3 nitrogen and oxygen atoms in total. The van der Waals surface area contributed by atoms with Crippen LogP contribution in [0.3, 0.4) is 0 Å². The van der Waals surface area contributed by atoms with Crippen molar-refractivity contribution in [2.24, 2.45) is 5.92 Å². The Bertz CT molecular complexity index is 840. The van der Waals surface area contributed by atoms with Gasteiger partial charge in [0.25, 0.3) is 0 Å². The number of nitrogen functional groups attached to an aromatic ring is 1. The summed E-state index contributed by atoms with van der Waals surface area (Å²) in [5, 5.41) is 8.70. The Hall–Kier alpha value is -2.47. The molecular formula is C27H39N3. The van der Waals surface area contributed by atoms with Crippen LogP contribution in [0.15, 0.2) is 30.3 Å². The molecular weight excluding hydrogens is 366 g/mol. The molecule has 0 amide bonds. The average Bonchev–Trinajstić information content (AvgIpc) is 3.15. The van der Waals surface area contributed by atoms with Crippen LogP contribution in [-0.2, 0) is 19.3 Å². The first kappa shape index (κ1) is 23.8. The highest BCUT2D eigenvalue weighted by molar-refractivity contribution is 5.61. The van der Waals surface area contributed by atoms with E-state index in [-0.39, 0.29) is 0 Å². The van der Waals surface area contributed by atoms with Gasteiger partial charge in [-0.05, 0) is 91.8 Å². The van der Waals surface area contributed by atoms with Crippen molar-refractivity contribution in [2.75, 3.05) is 23.7 Å². The predicted octanol–water partition coefficient (Wildman–Crippen LogP) is 6.39. The van der Waals surface area contributed by atoms with Gasteiger partial charge >= 0.3 is 0 Å². The van der Waals surface area contributed by atoms with E-state index in [1.54, 1.807) is 0 Å². The smallest absolute Gasteiger partial charge is 0.0624 e. The molecule has 1 aliphatic rings. The van der Waals surface area contributed by atoms with Gasteiger partial charge in [0, 0.05) is 30.9 Å². The zero-order valence-electron chi connectivity index (χ0n) is 19.6. The van der Waals surface area contributed by atoms with E-state index in [2.05, 4.69) is 75.9 Å². The van der Waals surface area contributed by atoms with Crippen LogP contribution in [0.25, 0.3) is 0 Å². The summed E-state index contributed by atoms with van der Waals surface area (Å²) in [7, 11) is 0. The molecule has 162 valence electrons. The molecule has 1 unspecified atom stereocenters. The fourth-order valence-corrected chi connectivity index (χ4v) is 4.29. The van der Waals surface area contributed by atoms with Gasteiger partial charge in [-0.1, -0.05) is 39.0 Å². The van der Waals surface area contributed by atoms with Crippen LogP contribution < -0.4 is 10.6 Å². The highest BCUT2D eigenvalue weighted by atomic mass is 15.1. The quantitative estimate of drug-likeness (QED) is 0.543. The van der Waals surface area contributed by atoms with Crippen LogP contribution in [0, 0.1) is 31.1 Å². The van der Waals surface area contributed by atoms with Crippen molar-refractivity contribution in [3.63, 3.8) is 0 Å². The number of rotatable bonds is 7. The Balaban J connectivity index is 0.000000214. The van der Waals surface area contributed by atoms with Crippen molar-refractivity contribution in [3.05, 3.63) is 58.1 Å². The first-order valence-electron chi connectivity index (χ1n) is 11.5. The maximum Gasteiger partial charge on any atom is 0.0624 e. The number of nitrogens with two attached hydrogens (primary N) is 1. The Morgan fingerprint density at radius 1 is 1.03 bits per heavy atom. The highest BCUT2D eigenvalue weighted by Crippen LogP contribution is 2.35. The number of aryl methyl sites for hydroxylation is 2. The zero-order chi connectivity index (χ0) is 22.1. The number of nitrogens with zero attached hydrogens (tertiary/aromatic N) is 2. The van der Waals surface area contributed by atoms with Gasteiger partial charge in [0.1, 0.15) is 0 Å². The van der Waals surface area contributed by atoms with Crippen molar-refractivity contribution in [1.29, 1.82) is 5.26 Å². The molecule has 2 aromatic rings. The third-order valence-electron chi connectivity index (χ3n) is 6.18. The lowest BCUT2D eigenvalue weighted by atomic mass is 9.99. The summed E-state index contributed by atoms with van der Waals surface area (Å²) in [6.45, 7) is 13.2. The average molecular weight is 406 g/mol. The monoisotopic (exact) mass is 405 g/mol. The van der Waals surface area contributed by atoms with E-state index in [0.717, 1.165) is 24.9 Å². The van der Waals surface area contributed by atoms with Gasteiger partial charge in [-0.2, -0.15) is 5.26 Å². The molecule has 0 radical (unpaired) electrons. The molecule has 0 fully saturated rings.